The second-order valence-electron chi connectivity index (χ2n) is 6.88. The molecule has 6 heteroatoms. The Morgan fingerprint density at radius 3 is 2.28 bits per heavy atom. The Labute approximate surface area is 149 Å². The molecule has 0 bridgehead atoms. The molecular weight excluding hydrogens is 318 g/mol. The first-order chi connectivity index (χ1) is 12.0. The third-order valence-corrected chi connectivity index (χ3v) is 5.01. The predicted molar refractivity (Wildman–Crippen MR) is 95.7 cm³/mol. The molecule has 2 fully saturated rings. The summed E-state index contributed by atoms with van der Waals surface area (Å²) in [5.41, 5.74) is 2.86. The number of benzene rings is 1. The molecule has 0 aromatic heterocycles. The molecule has 0 saturated carbocycles. The molecule has 2 aliphatic rings. The van der Waals surface area contributed by atoms with Crippen molar-refractivity contribution in [3.8, 4) is 0 Å². The maximum Gasteiger partial charge on any atom is 0.254 e. The van der Waals surface area contributed by atoms with Gasteiger partial charge in [-0.3, -0.25) is 14.5 Å². The van der Waals surface area contributed by atoms with E-state index in [4.69, 9.17) is 4.74 Å². The third-order valence-electron chi connectivity index (χ3n) is 5.01. The minimum absolute atomic E-state index is 0.0708. The number of amides is 2. The van der Waals surface area contributed by atoms with Gasteiger partial charge < -0.3 is 14.5 Å². The lowest BCUT2D eigenvalue weighted by atomic mass is 10.0. The first-order valence-corrected chi connectivity index (χ1v) is 8.99. The molecule has 2 amide bonds. The predicted octanol–water partition coefficient (Wildman–Crippen LogP) is 0.920. The minimum atomic E-state index is 0.0708. The summed E-state index contributed by atoms with van der Waals surface area (Å²) in [4.78, 5) is 31.1. The summed E-state index contributed by atoms with van der Waals surface area (Å²) in [6.07, 6.45) is 0. The van der Waals surface area contributed by atoms with Gasteiger partial charge in [-0.25, -0.2) is 0 Å². The van der Waals surface area contributed by atoms with E-state index in [1.807, 2.05) is 41.8 Å². The van der Waals surface area contributed by atoms with E-state index in [0.29, 0.717) is 45.9 Å². The van der Waals surface area contributed by atoms with Crippen molar-refractivity contribution in [2.45, 2.75) is 13.8 Å². The van der Waals surface area contributed by atoms with E-state index in [9.17, 15) is 9.59 Å². The van der Waals surface area contributed by atoms with Crippen LogP contribution < -0.4 is 0 Å². The van der Waals surface area contributed by atoms with Crippen LogP contribution in [0.25, 0.3) is 0 Å². The molecule has 3 rings (SSSR count). The van der Waals surface area contributed by atoms with Gasteiger partial charge in [-0.05, 0) is 25.5 Å². The molecule has 2 aliphatic heterocycles. The molecule has 0 radical (unpaired) electrons. The second kappa shape index (κ2) is 7.97. The van der Waals surface area contributed by atoms with Gasteiger partial charge in [-0.15, -0.1) is 0 Å². The highest BCUT2D eigenvalue weighted by Gasteiger charge is 2.26. The Bertz CT molecular complexity index is 633. The Balaban J connectivity index is 1.53. The van der Waals surface area contributed by atoms with Gasteiger partial charge in [0.15, 0.2) is 0 Å². The standard InChI is InChI=1S/C19H27N3O3/c1-15-3-4-16(2)17(13-15)19(24)22-7-5-21(6-8-22)18(23)14-20-9-11-25-12-10-20/h3-4,13H,5-12,14H2,1-2H3. The zero-order valence-electron chi connectivity index (χ0n) is 15.2. The van der Waals surface area contributed by atoms with Crippen molar-refractivity contribution in [3.05, 3.63) is 34.9 Å². The molecule has 0 N–H and O–H groups in total. The number of carbonyl (C=O) groups is 2. The average Bonchev–Trinajstić information content (AvgIpc) is 2.64. The fourth-order valence-corrected chi connectivity index (χ4v) is 3.35. The van der Waals surface area contributed by atoms with Gasteiger partial charge >= 0.3 is 0 Å². The molecule has 0 aliphatic carbocycles. The van der Waals surface area contributed by atoms with E-state index in [1.165, 1.54) is 0 Å². The number of nitrogens with zero attached hydrogens (tertiary/aromatic N) is 3. The van der Waals surface area contributed by atoms with Crippen molar-refractivity contribution in [2.75, 3.05) is 59.0 Å². The van der Waals surface area contributed by atoms with Crippen LogP contribution in [0.1, 0.15) is 21.5 Å². The summed E-state index contributed by atoms with van der Waals surface area (Å²) in [5, 5.41) is 0. The third kappa shape index (κ3) is 4.38. The Kier molecular flexibility index (Phi) is 5.71. The molecule has 0 spiro atoms. The van der Waals surface area contributed by atoms with Crippen LogP contribution >= 0.6 is 0 Å². The zero-order chi connectivity index (χ0) is 17.8. The van der Waals surface area contributed by atoms with Gasteiger partial charge in [-0.1, -0.05) is 17.7 Å². The van der Waals surface area contributed by atoms with Crippen LogP contribution in [0.2, 0.25) is 0 Å². The van der Waals surface area contributed by atoms with Crippen LogP contribution in [0.15, 0.2) is 18.2 Å². The lowest BCUT2D eigenvalue weighted by Crippen LogP contribution is -2.53. The summed E-state index contributed by atoms with van der Waals surface area (Å²) >= 11 is 0. The van der Waals surface area contributed by atoms with E-state index >= 15 is 0 Å². The fourth-order valence-electron chi connectivity index (χ4n) is 3.35. The first kappa shape index (κ1) is 17.9. The van der Waals surface area contributed by atoms with Crippen molar-refractivity contribution in [1.82, 2.24) is 14.7 Å². The highest BCUT2D eigenvalue weighted by atomic mass is 16.5. The van der Waals surface area contributed by atoms with Crippen LogP contribution in [0.4, 0.5) is 0 Å². The summed E-state index contributed by atoms with van der Waals surface area (Å²) < 4.78 is 5.32. The largest absolute Gasteiger partial charge is 0.379 e. The molecule has 0 unspecified atom stereocenters. The van der Waals surface area contributed by atoms with Crippen molar-refractivity contribution in [2.24, 2.45) is 0 Å². The van der Waals surface area contributed by atoms with Gasteiger partial charge in [0.25, 0.3) is 5.91 Å². The number of piperazine rings is 1. The molecule has 0 atom stereocenters. The first-order valence-electron chi connectivity index (χ1n) is 8.99. The van der Waals surface area contributed by atoms with Gasteiger partial charge in [-0.2, -0.15) is 0 Å². The SMILES string of the molecule is Cc1ccc(C)c(C(=O)N2CCN(C(=O)CN3CCOCC3)CC2)c1. The molecule has 136 valence electrons. The minimum Gasteiger partial charge on any atom is -0.379 e. The summed E-state index contributed by atoms with van der Waals surface area (Å²) in [7, 11) is 0. The lowest BCUT2D eigenvalue weighted by molar-refractivity contribution is -0.134. The summed E-state index contributed by atoms with van der Waals surface area (Å²) in [6, 6.07) is 5.96. The van der Waals surface area contributed by atoms with Crippen molar-refractivity contribution >= 4 is 11.8 Å². The average molecular weight is 345 g/mol. The summed E-state index contributed by atoms with van der Waals surface area (Å²) in [6.45, 7) is 9.87. The quantitative estimate of drug-likeness (QED) is 0.818. The van der Waals surface area contributed by atoms with E-state index in [1.54, 1.807) is 0 Å². The monoisotopic (exact) mass is 345 g/mol. The normalized spacial score (nSPS) is 19.1. The zero-order valence-corrected chi connectivity index (χ0v) is 15.2. The summed E-state index contributed by atoms with van der Waals surface area (Å²) in [5.74, 6) is 0.224. The second-order valence-corrected chi connectivity index (χ2v) is 6.88. The van der Waals surface area contributed by atoms with Gasteiger partial charge in [0.05, 0.1) is 19.8 Å². The van der Waals surface area contributed by atoms with Crippen LogP contribution in [0.5, 0.6) is 0 Å². The molecular formula is C19H27N3O3. The van der Waals surface area contributed by atoms with Crippen LogP contribution in [0.3, 0.4) is 0 Å². The van der Waals surface area contributed by atoms with E-state index in [-0.39, 0.29) is 11.8 Å². The molecule has 1 aromatic rings. The lowest BCUT2D eigenvalue weighted by Gasteiger charge is -2.36. The number of ether oxygens (including phenoxy) is 1. The molecule has 6 nitrogen and oxygen atoms in total. The highest BCUT2D eigenvalue weighted by Crippen LogP contribution is 2.15. The number of carbonyl (C=O) groups excluding carboxylic acids is 2. The Morgan fingerprint density at radius 1 is 0.960 bits per heavy atom. The van der Waals surface area contributed by atoms with Crippen molar-refractivity contribution in [1.29, 1.82) is 0 Å². The smallest absolute Gasteiger partial charge is 0.254 e. The van der Waals surface area contributed by atoms with Gasteiger partial charge in [0.2, 0.25) is 5.91 Å². The van der Waals surface area contributed by atoms with Crippen LogP contribution in [0, 0.1) is 13.8 Å². The number of aryl methyl sites for hydroxylation is 2. The Hall–Kier alpha value is -1.92. The van der Waals surface area contributed by atoms with E-state index in [0.717, 1.165) is 29.8 Å². The Morgan fingerprint density at radius 2 is 1.60 bits per heavy atom. The van der Waals surface area contributed by atoms with Crippen molar-refractivity contribution < 1.29 is 14.3 Å². The molecule has 2 heterocycles. The number of hydrogen-bond donors (Lipinski definition) is 0. The molecule has 2 saturated heterocycles. The van der Waals surface area contributed by atoms with Crippen LogP contribution in [-0.2, 0) is 9.53 Å². The number of morpholine rings is 1. The molecule has 1 aromatic carbocycles. The highest BCUT2D eigenvalue weighted by molar-refractivity contribution is 5.96. The number of rotatable bonds is 3. The topological polar surface area (TPSA) is 53.1 Å². The van der Waals surface area contributed by atoms with E-state index < -0.39 is 0 Å². The maximum absolute atomic E-state index is 12.8. The van der Waals surface area contributed by atoms with Crippen LogP contribution in [-0.4, -0.2) is 85.5 Å². The maximum atomic E-state index is 12.8. The van der Waals surface area contributed by atoms with Gasteiger partial charge in [0.1, 0.15) is 0 Å². The molecule has 25 heavy (non-hydrogen) atoms. The van der Waals surface area contributed by atoms with E-state index in [2.05, 4.69) is 4.90 Å². The van der Waals surface area contributed by atoms with Gasteiger partial charge in [0, 0.05) is 44.8 Å². The number of hydrogen-bond acceptors (Lipinski definition) is 4. The van der Waals surface area contributed by atoms with Crippen molar-refractivity contribution in [3.63, 3.8) is 0 Å². The fraction of sp³-hybridized carbons (Fsp3) is 0.579.